The minimum absolute atomic E-state index is 0.168. The summed E-state index contributed by atoms with van der Waals surface area (Å²) in [6.45, 7) is 4.39. The first-order valence-corrected chi connectivity index (χ1v) is 16.7. The normalized spacial score (nSPS) is 13.3. The van der Waals surface area contributed by atoms with E-state index in [-0.39, 0.29) is 12.7 Å². The van der Waals surface area contributed by atoms with Gasteiger partial charge in [0.15, 0.2) is 5.82 Å². The zero-order chi connectivity index (χ0) is 28.7. The van der Waals surface area contributed by atoms with Crippen molar-refractivity contribution < 1.29 is 23.4 Å². The average molecular weight is 583 g/mol. The van der Waals surface area contributed by atoms with E-state index in [0.29, 0.717) is 25.5 Å². The Bertz CT molecular complexity index is 872. The molecule has 230 valence electrons. The van der Waals surface area contributed by atoms with Gasteiger partial charge in [0.05, 0.1) is 19.3 Å². The Labute approximate surface area is 243 Å². The highest BCUT2D eigenvalue weighted by atomic mass is 31.2. The first-order valence-electron chi connectivity index (χ1n) is 15.6. The van der Waals surface area contributed by atoms with Gasteiger partial charge < -0.3 is 29.1 Å². The van der Waals surface area contributed by atoms with Gasteiger partial charge in [-0.05, 0) is 37.8 Å². The zero-order valence-electron chi connectivity index (χ0n) is 25.1. The molecular formula is C30H55N4O5P. The Hall–Kier alpha value is -1.35. The Morgan fingerprint density at radius 3 is 2.12 bits per heavy atom. The maximum Gasteiger partial charge on any atom is 0.329 e. The number of rotatable bonds is 27. The number of anilines is 1. The monoisotopic (exact) mass is 582 g/mol. The Morgan fingerprint density at radius 1 is 0.850 bits per heavy atom. The van der Waals surface area contributed by atoms with Crippen LogP contribution in [0.2, 0.25) is 0 Å². The number of fused-ring (bicyclic) bond motifs is 1. The van der Waals surface area contributed by atoms with Gasteiger partial charge in [0.1, 0.15) is 11.8 Å². The van der Waals surface area contributed by atoms with Gasteiger partial charge in [-0.3, -0.25) is 0 Å². The number of nitrogens with zero attached hydrogens (tertiary/aromatic N) is 3. The van der Waals surface area contributed by atoms with E-state index in [4.69, 9.17) is 24.3 Å². The van der Waals surface area contributed by atoms with Crippen molar-refractivity contribution in [2.45, 2.75) is 122 Å². The molecule has 2 heterocycles. The van der Waals surface area contributed by atoms with Crippen LogP contribution in [0.5, 0.6) is 0 Å². The van der Waals surface area contributed by atoms with Crippen LogP contribution in [-0.2, 0) is 24.9 Å². The first kappa shape index (κ1) is 34.8. The second-order valence-electron chi connectivity index (χ2n) is 10.6. The Morgan fingerprint density at radius 2 is 1.48 bits per heavy atom. The molecule has 0 aliphatic rings. The number of unbranched alkanes of at least 4 members (excludes halogenated alkanes) is 13. The molecule has 0 aliphatic carbocycles. The summed E-state index contributed by atoms with van der Waals surface area (Å²) in [5.41, 5.74) is 7.70. The van der Waals surface area contributed by atoms with Gasteiger partial charge in [-0.1, -0.05) is 90.4 Å². The van der Waals surface area contributed by atoms with Crippen molar-refractivity contribution in [1.82, 2.24) is 14.6 Å². The summed E-state index contributed by atoms with van der Waals surface area (Å²) in [5, 5.41) is 4.26. The lowest BCUT2D eigenvalue weighted by atomic mass is 10.0. The molecule has 0 amide bonds. The minimum Gasteiger partial charge on any atom is -0.382 e. The topological polar surface area (TPSA) is 113 Å². The summed E-state index contributed by atoms with van der Waals surface area (Å²) >= 11 is 0. The van der Waals surface area contributed by atoms with E-state index < -0.39 is 8.60 Å². The number of aryl methyl sites for hydroxylation is 1. The number of nitrogen functional groups attached to an aromatic ring is 1. The molecule has 2 unspecified atom stereocenters. The lowest BCUT2D eigenvalue weighted by molar-refractivity contribution is 0.0429. The van der Waals surface area contributed by atoms with Gasteiger partial charge in [0, 0.05) is 26.0 Å². The second kappa shape index (κ2) is 23.2. The highest BCUT2D eigenvalue weighted by Gasteiger charge is 2.15. The second-order valence-corrected chi connectivity index (χ2v) is 11.6. The van der Waals surface area contributed by atoms with Gasteiger partial charge in [-0.2, -0.15) is 5.10 Å². The largest absolute Gasteiger partial charge is 0.382 e. The first-order chi connectivity index (χ1) is 19.7. The smallest absolute Gasteiger partial charge is 0.329 e. The van der Waals surface area contributed by atoms with Crippen molar-refractivity contribution >= 4 is 19.9 Å². The fraction of sp³-hybridized carbons (Fsp3) is 0.800. The van der Waals surface area contributed by atoms with Crippen molar-refractivity contribution in [3.05, 3.63) is 24.2 Å². The average Bonchev–Trinajstić information content (AvgIpc) is 3.38. The number of hydrogen-bond donors (Lipinski definition) is 2. The molecule has 0 saturated carbocycles. The van der Waals surface area contributed by atoms with Crippen LogP contribution in [0.15, 0.2) is 18.5 Å². The summed E-state index contributed by atoms with van der Waals surface area (Å²) in [6, 6.07) is 3.89. The van der Waals surface area contributed by atoms with Crippen molar-refractivity contribution in [3.8, 4) is 0 Å². The molecule has 0 bridgehead atoms. The molecule has 0 spiro atoms. The summed E-state index contributed by atoms with van der Waals surface area (Å²) in [5.74, 6) is 0.455. The van der Waals surface area contributed by atoms with E-state index in [9.17, 15) is 4.89 Å². The maximum absolute atomic E-state index is 10.1. The highest BCUT2D eigenvalue weighted by molar-refractivity contribution is 7.40. The van der Waals surface area contributed by atoms with Gasteiger partial charge >= 0.3 is 8.60 Å². The quantitative estimate of drug-likeness (QED) is 0.0827. The van der Waals surface area contributed by atoms with E-state index in [1.54, 1.807) is 11.6 Å². The van der Waals surface area contributed by atoms with E-state index in [2.05, 4.69) is 17.0 Å². The van der Waals surface area contributed by atoms with E-state index in [1.807, 2.05) is 12.1 Å². The molecule has 2 atom stereocenters. The van der Waals surface area contributed by atoms with Crippen LogP contribution in [0.25, 0.3) is 5.52 Å². The number of methoxy groups -OCH3 is 1. The fourth-order valence-corrected chi connectivity index (χ4v) is 5.42. The SMILES string of the molecule is CCCCCCCCCCCCCCCCOCCCOP(O)OCC(CCc1ccc2c(N)ncnn12)OC. The summed E-state index contributed by atoms with van der Waals surface area (Å²) < 4.78 is 23.9. The molecule has 2 rings (SSSR count). The molecule has 9 nitrogen and oxygen atoms in total. The molecule has 3 N–H and O–H groups in total. The molecule has 0 fully saturated rings. The van der Waals surface area contributed by atoms with Crippen molar-refractivity contribution in [1.29, 1.82) is 0 Å². The highest BCUT2D eigenvalue weighted by Crippen LogP contribution is 2.33. The Balaban J connectivity index is 1.35. The summed E-state index contributed by atoms with van der Waals surface area (Å²) in [6.07, 6.45) is 22.5. The minimum atomic E-state index is -1.93. The predicted octanol–water partition coefficient (Wildman–Crippen LogP) is 7.40. The van der Waals surface area contributed by atoms with E-state index in [1.165, 1.54) is 89.8 Å². The van der Waals surface area contributed by atoms with Gasteiger partial charge in [-0.15, -0.1) is 0 Å². The molecular weight excluding hydrogens is 527 g/mol. The van der Waals surface area contributed by atoms with Gasteiger partial charge in [-0.25, -0.2) is 9.50 Å². The molecule has 2 aromatic heterocycles. The zero-order valence-corrected chi connectivity index (χ0v) is 26.0. The third kappa shape index (κ3) is 15.6. The fourth-order valence-electron chi connectivity index (χ4n) is 4.76. The molecule has 40 heavy (non-hydrogen) atoms. The maximum atomic E-state index is 10.1. The van der Waals surface area contributed by atoms with Crippen LogP contribution in [0.3, 0.4) is 0 Å². The molecule has 2 aromatic rings. The van der Waals surface area contributed by atoms with Crippen LogP contribution < -0.4 is 5.73 Å². The third-order valence-corrected chi connectivity index (χ3v) is 8.04. The van der Waals surface area contributed by atoms with E-state index >= 15 is 0 Å². The number of ether oxygens (including phenoxy) is 2. The number of hydrogen-bond acceptors (Lipinski definition) is 8. The van der Waals surface area contributed by atoms with Crippen molar-refractivity contribution in [2.75, 3.05) is 39.3 Å². The lowest BCUT2D eigenvalue weighted by Gasteiger charge is -2.17. The van der Waals surface area contributed by atoms with Crippen LogP contribution in [-0.4, -0.2) is 59.1 Å². The van der Waals surface area contributed by atoms with Crippen molar-refractivity contribution in [3.63, 3.8) is 0 Å². The molecule has 0 aromatic carbocycles. The molecule has 0 radical (unpaired) electrons. The van der Waals surface area contributed by atoms with Crippen LogP contribution in [0.4, 0.5) is 5.82 Å². The number of nitrogens with two attached hydrogens (primary N) is 1. The molecule has 0 aliphatic heterocycles. The van der Waals surface area contributed by atoms with E-state index in [0.717, 1.165) is 37.1 Å². The van der Waals surface area contributed by atoms with Gasteiger partial charge in [0.2, 0.25) is 0 Å². The summed E-state index contributed by atoms with van der Waals surface area (Å²) in [4.78, 5) is 14.1. The van der Waals surface area contributed by atoms with Crippen LogP contribution in [0.1, 0.15) is 115 Å². The van der Waals surface area contributed by atoms with Crippen LogP contribution in [0, 0.1) is 0 Å². The summed E-state index contributed by atoms with van der Waals surface area (Å²) in [7, 11) is -0.291. The Kier molecular flexibility index (Phi) is 20.2. The standard InChI is InChI=1S/C30H55N4O5P/c1-3-4-5-6-7-8-9-10-11-12-13-14-15-16-22-37-23-17-24-38-40(35)39-25-28(36-2)20-18-27-19-21-29-30(31)32-26-33-34(27)29/h19,21,26,28,35H,3-18,20,22-25H2,1-2H3,(H2,31,32,33). The molecule has 0 saturated heterocycles. The molecule has 10 heteroatoms. The van der Waals surface area contributed by atoms with Crippen LogP contribution >= 0.6 is 8.60 Å². The third-order valence-electron chi connectivity index (χ3n) is 7.26. The van der Waals surface area contributed by atoms with Crippen molar-refractivity contribution in [2.24, 2.45) is 0 Å². The lowest BCUT2D eigenvalue weighted by Crippen LogP contribution is -2.18. The van der Waals surface area contributed by atoms with Gasteiger partial charge in [0.25, 0.3) is 0 Å². The predicted molar refractivity (Wildman–Crippen MR) is 163 cm³/mol. The number of aromatic nitrogens is 3.